The summed E-state index contributed by atoms with van der Waals surface area (Å²) < 4.78 is 6.47. The third kappa shape index (κ3) is 6.66. The molecule has 1 saturated heterocycles. The first kappa shape index (κ1) is 24.0. The molecular weight excluding hydrogens is 398 g/mol. The lowest BCUT2D eigenvalue weighted by Gasteiger charge is -2.30. The van der Waals surface area contributed by atoms with E-state index in [1.807, 2.05) is 36.4 Å². The van der Waals surface area contributed by atoms with Crippen molar-refractivity contribution in [3.05, 3.63) is 71.3 Å². The second kappa shape index (κ2) is 11.8. The van der Waals surface area contributed by atoms with Crippen LogP contribution in [-0.4, -0.2) is 43.6 Å². The number of amides is 1. The smallest absolute Gasteiger partial charge is 0.250 e. The first-order chi connectivity index (χ1) is 15.5. The van der Waals surface area contributed by atoms with Gasteiger partial charge < -0.3 is 15.0 Å². The SMILES string of the molecule is CC(C)C[C@H](OC(c1ccccc1)c1ccc([C@H]2CCCN(C)C2)cc1)C(=O)NCC#N. The van der Waals surface area contributed by atoms with Gasteiger partial charge in [-0.15, -0.1) is 0 Å². The molecule has 3 rings (SSSR count). The Morgan fingerprint density at radius 3 is 2.47 bits per heavy atom. The molecule has 1 amide bonds. The molecule has 0 radical (unpaired) electrons. The molecule has 1 fully saturated rings. The van der Waals surface area contributed by atoms with Crippen LogP contribution in [0, 0.1) is 17.2 Å². The number of benzene rings is 2. The Balaban J connectivity index is 1.85. The summed E-state index contributed by atoms with van der Waals surface area (Å²) in [6.45, 7) is 6.39. The summed E-state index contributed by atoms with van der Waals surface area (Å²) in [5.74, 6) is 0.613. The van der Waals surface area contributed by atoms with Gasteiger partial charge in [0.15, 0.2) is 0 Å². The summed E-state index contributed by atoms with van der Waals surface area (Å²) in [4.78, 5) is 15.1. The van der Waals surface area contributed by atoms with Gasteiger partial charge in [0.05, 0.1) is 6.07 Å². The van der Waals surface area contributed by atoms with Crippen molar-refractivity contribution in [3.63, 3.8) is 0 Å². The van der Waals surface area contributed by atoms with Crippen molar-refractivity contribution in [1.82, 2.24) is 10.2 Å². The van der Waals surface area contributed by atoms with E-state index in [9.17, 15) is 4.79 Å². The summed E-state index contributed by atoms with van der Waals surface area (Å²) in [6, 6.07) is 20.7. The van der Waals surface area contributed by atoms with E-state index in [0.717, 1.165) is 17.7 Å². The average Bonchev–Trinajstić information content (AvgIpc) is 2.80. The van der Waals surface area contributed by atoms with E-state index in [4.69, 9.17) is 10.00 Å². The minimum atomic E-state index is -0.625. The van der Waals surface area contributed by atoms with E-state index in [2.05, 4.69) is 55.4 Å². The number of carbonyl (C=O) groups is 1. The van der Waals surface area contributed by atoms with Crippen molar-refractivity contribution < 1.29 is 9.53 Å². The molecule has 0 aliphatic carbocycles. The van der Waals surface area contributed by atoms with Gasteiger partial charge in [-0.05, 0) is 61.4 Å². The molecule has 32 heavy (non-hydrogen) atoms. The number of carbonyl (C=O) groups excluding carboxylic acids is 1. The van der Waals surface area contributed by atoms with Crippen LogP contribution in [0.1, 0.15) is 61.8 Å². The maximum absolute atomic E-state index is 12.7. The van der Waals surface area contributed by atoms with Crippen molar-refractivity contribution in [1.29, 1.82) is 5.26 Å². The molecule has 2 aromatic rings. The molecule has 0 spiro atoms. The molecule has 170 valence electrons. The Kier molecular flexibility index (Phi) is 8.84. The van der Waals surface area contributed by atoms with Crippen molar-refractivity contribution in [2.24, 2.45) is 5.92 Å². The molecule has 5 heteroatoms. The van der Waals surface area contributed by atoms with E-state index < -0.39 is 6.10 Å². The number of piperidine rings is 1. The zero-order valence-corrected chi connectivity index (χ0v) is 19.5. The zero-order valence-electron chi connectivity index (χ0n) is 19.5. The summed E-state index contributed by atoms with van der Waals surface area (Å²) in [5.41, 5.74) is 3.41. The minimum absolute atomic E-state index is 0.0165. The number of rotatable bonds is 9. The molecular formula is C27H35N3O2. The lowest BCUT2D eigenvalue weighted by atomic mass is 9.89. The van der Waals surface area contributed by atoms with Gasteiger partial charge in [0, 0.05) is 6.54 Å². The maximum atomic E-state index is 12.7. The van der Waals surface area contributed by atoms with Crippen molar-refractivity contribution in [2.75, 3.05) is 26.7 Å². The molecule has 1 heterocycles. The number of likely N-dealkylation sites (tertiary alicyclic amines) is 1. The Hall–Kier alpha value is -2.68. The quantitative estimate of drug-likeness (QED) is 0.584. The van der Waals surface area contributed by atoms with E-state index in [0.29, 0.717) is 12.3 Å². The topological polar surface area (TPSA) is 65.4 Å². The molecule has 0 saturated carbocycles. The zero-order chi connectivity index (χ0) is 22.9. The van der Waals surface area contributed by atoms with Crippen molar-refractivity contribution >= 4 is 5.91 Å². The number of nitrogens with one attached hydrogen (secondary N) is 1. The monoisotopic (exact) mass is 433 g/mol. The van der Waals surface area contributed by atoms with Crippen LogP contribution in [0.4, 0.5) is 0 Å². The summed E-state index contributed by atoms with van der Waals surface area (Å²) in [5, 5.41) is 11.5. The molecule has 0 bridgehead atoms. The summed E-state index contributed by atoms with van der Waals surface area (Å²) in [6.07, 6.45) is 2.06. The molecule has 1 aliphatic rings. The predicted molar refractivity (Wildman–Crippen MR) is 127 cm³/mol. The van der Waals surface area contributed by atoms with Crippen LogP contribution in [0.5, 0.6) is 0 Å². The number of nitriles is 1. The average molecular weight is 434 g/mol. The summed E-state index contributed by atoms with van der Waals surface area (Å²) in [7, 11) is 2.19. The molecule has 1 aliphatic heterocycles. The minimum Gasteiger partial charge on any atom is -0.356 e. The fourth-order valence-electron chi connectivity index (χ4n) is 4.42. The standard InChI is InChI=1S/C27H35N3O2/c1-20(2)18-25(27(31)29-16-15-28)32-26(22-8-5-4-6-9-22)23-13-11-21(12-14-23)24-10-7-17-30(3)19-24/h4-6,8-9,11-14,20,24-26H,7,10,16-19H2,1-3H3,(H,29,31)/t24-,25-,26?/m0/s1. The number of hydrogen-bond donors (Lipinski definition) is 1. The fourth-order valence-corrected chi connectivity index (χ4v) is 4.42. The van der Waals surface area contributed by atoms with E-state index in [-0.39, 0.29) is 24.5 Å². The molecule has 1 unspecified atom stereocenters. The van der Waals surface area contributed by atoms with E-state index in [1.165, 1.54) is 24.9 Å². The first-order valence-corrected chi connectivity index (χ1v) is 11.6. The van der Waals surface area contributed by atoms with E-state index in [1.54, 1.807) is 0 Å². The predicted octanol–water partition coefficient (Wildman–Crippen LogP) is 4.66. The van der Waals surface area contributed by atoms with Gasteiger partial charge in [-0.25, -0.2) is 0 Å². The highest BCUT2D eigenvalue weighted by molar-refractivity contribution is 5.81. The fraction of sp³-hybridized carbons (Fsp3) is 0.481. The number of likely N-dealkylation sites (N-methyl/N-ethyl adjacent to an activating group) is 1. The number of hydrogen-bond acceptors (Lipinski definition) is 4. The van der Waals surface area contributed by atoms with Gasteiger partial charge in [-0.3, -0.25) is 4.79 Å². The largest absolute Gasteiger partial charge is 0.356 e. The highest BCUT2D eigenvalue weighted by atomic mass is 16.5. The van der Waals surface area contributed by atoms with Crippen LogP contribution < -0.4 is 5.32 Å². The Bertz CT molecular complexity index is 889. The van der Waals surface area contributed by atoms with Gasteiger partial charge in [0.25, 0.3) is 0 Å². The third-order valence-electron chi connectivity index (χ3n) is 6.06. The lowest BCUT2D eigenvalue weighted by Crippen LogP contribution is -2.38. The van der Waals surface area contributed by atoms with Gasteiger partial charge in [0.1, 0.15) is 18.8 Å². The lowest BCUT2D eigenvalue weighted by molar-refractivity contribution is -0.136. The van der Waals surface area contributed by atoms with Gasteiger partial charge in [-0.1, -0.05) is 68.4 Å². The van der Waals surface area contributed by atoms with Crippen LogP contribution in [0.3, 0.4) is 0 Å². The van der Waals surface area contributed by atoms with Crippen molar-refractivity contribution in [2.45, 2.75) is 51.2 Å². The molecule has 1 N–H and O–H groups in total. The second-order valence-corrected chi connectivity index (χ2v) is 9.19. The molecule has 0 aromatic heterocycles. The van der Waals surface area contributed by atoms with Gasteiger partial charge in [-0.2, -0.15) is 5.26 Å². The highest BCUT2D eigenvalue weighted by Gasteiger charge is 2.27. The van der Waals surface area contributed by atoms with Crippen LogP contribution in [0.25, 0.3) is 0 Å². The maximum Gasteiger partial charge on any atom is 0.250 e. The van der Waals surface area contributed by atoms with Crippen LogP contribution in [0.15, 0.2) is 54.6 Å². The molecule has 5 nitrogen and oxygen atoms in total. The normalized spacial score (nSPS) is 18.7. The van der Waals surface area contributed by atoms with Gasteiger partial charge in [0.2, 0.25) is 5.91 Å². The van der Waals surface area contributed by atoms with Gasteiger partial charge >= 0.3 is 0 Å². The Morgan fingerprint density at radius 1 is 1.16 bits per heavy atom. The summed E-state index contributed by atoms with van der Waals surface area (Å²) >= 11 is 0. The highest BCUT2D eigenvalue weighted by Crippen LogP contribution is 2.32. The van der Waals surface area contributed by atoms with Crippen LogP contribution in [0.2, 0.25) is 0 Å². The number of ether oxygens (including phenoxy) is 1. The first-order valence-electron chi connectivity index (χ1n) is 11.6. The Morgan fingerprint density at radius 2 is 1.84 bits per heavy atom. The van der Waals surface area contributed by atoms with E-state index >= 15 is 0 Å². The number of nitrogens with zero attached hydrogens (tertiary/aromatic N) is 2. The third-order valence-corrected chi connectivity index (χ3v) is 6.06. The van der Waals surface area contributed by atoms with Crippen LogP contribution >= 0.6 is 0 Å². The molecule has 2 aromatic carbocycles. The van der Waals surface area contributed by atoms with Crippen molar-refractivity contribution in [3.8, 4) is 6.07 Å². The second-order valence-electron chi connectivity index (χ2n) is 9.19. The van der Waals surface area contributed by atoms with Crippen LogP contribution in [-0.2, 0) is 9.53 Å². The Labute approximate surface area is 192 Å². The molecule has 3 atom stereocenters.